The van der Waals surface area contributed by atoms with E-state index >= 15 is 0 Å². The van der Waals surface area contributed by atoms with Gasteiger partial charge in [0.05, 0.1) is 10.0 Å². The lowest BCUT2D eigenvalue weighted by Crippen LogP contribution is -2.41. The molecule has 2 N–H and O–H groups in total. The molecule has 0 bridgehead atoms. The molecule has 1 aliphatic heterocycles. The fraction of sp³-hybridized carbons (Fsp3) is 0.571. The highest BCUT2D eigenvalue weighted by Crippen LogP contribution is 2.33. The zero-order valence-electron chi connectivity index (χ0n) is 11.1. The van der Waals surface area contributed by atoms with E-state index in [2.05, 4.69) is 11.9 Å². The monoisotopic (exact) mass is 302 g/mol. The molecule has 1 saturated heterocycles. The fourth-order valence-electron chi connectivity index (χ4n) is 2.64. The zero-order valence-corrected chi connectivity index (χ0v) is 12.6. The van der Waals surface area contributed by atoms with E-state index in [4.69, 9.17) is 33.7 Å². The van der Waals surface area contributed by atoms with E-state index in [-0.39, 0.29) is 6.04 Å². The lowest BCUT2D eigenvalue weighted by molar-refractivity contribution is 0.0294. The Labute approximate surface area is 124 Å². The Bertz CT molecular complexity index is 422. The molecule has 1 fully saturated rings. The molecule has 3 nitrogen and oxygen atoms in total. The number of nitrogens with two attached hydrogens (primary N) is 1. The van der Waals surface area contributed by atoms with Crippen LogP contribution in [0, 0.1) is 0 Å². The second kappa shape index (κ2) is 6.91. The molecular weight excluding hydrogens is 283 g/mol. The summed E-state index contributed by atoms with van der Waals surface area (Å²) in [7, 11) is 2.10. The second-order valence-corrected chi connectivity index (χ2v) is 5.69. The summed E-state index contributed by atoms with van der Waals surface area (Å²) < 4.78 is 5.41. The molecule has 0 amide bonds. The van der Waals surface area contributed by atoms with Crippen molar-refractivity contribution in [3.8, 4) is 0 Å². The van der Waals surface area contributed by atoms with Crippen LogP contribution in [0.25, 0.3) is 0 Å². The minimum Gasteiger partial charge on any atom is -0.381 e. The summed E-state index contributed by atoms with van der Waals surface area (Å²) in [4.78, 5) is 2.31. The van der Waals surface area contributed by atoms with E-state index in [1.165, 1.54) is 0 Å². The molecule has 2 rings (SSSR count). The molecule has 0 aliphatic carbocycles. The van der Waals surface area contributed by atoms with Crippen molar-refractivity contribution >= 4 is 23.2 Å². The molecule has 106 valence electrons. The van der Waals surface area contributed by atoms with Crippen molar-refractivity contribution in [1.29, 1.82) is 0 Å². The first-order chi connectivity index (χ1) is 9.15. The van der Waals surface area contributed by atoms with Crippen molar-refractivity contribution in [3.05, 3.63) is 33.8 Å². The Morgan fingerprint density at radius 2 is 2.05 bits per heavy atom. The van der Waals surface area contributed by atoms with Crippen LogP contribution in [0.2, 0.25) is 10.0 Å². The van der Waals surface area contributed by atoms with Crippen LogP contribution in [0.4, 0.5) is 0 Å². The van der Waals surface area contributed by atoms with E-state index in [1.807, 2.05) is 12.1 Å². The number of halogens is 2. The molecular formula is C14H20Cl2N2O. The first kappa shape index (κ1) is 15.1. The van der Waals surface area contributed by atoms with E-state index in [0.29, 0.717) is 22.6 Å². The quantitative estimate of drug-likeness (QED) is 0.929. The molecule has 1 heterocycles. The molecule has 1 unspecified atom stereocenters. The minimum absolute atomic E-state index is 0.0919. The summed E-state index contributed by atoms with van der Waals surface area (Å²) in [5.41, 5.74) is 6.96. The third kappa shape index (κ3) is 3.41. The lowest BCUT2D eigenvalue weighted by Gasteiger charge is -2.37. The molecule has 1 aliphatic rings. The normalized spacial score (nSPS) is 18.8. The Morgan fingerprint density at radius 3 is 2.68 bits per heavy atom. The van der Waals surface area contributed by atoms with Crippen LogP contribution in [-0.2, 0) is 4.74 Å². The Kier molecular flexibility index (Phi) is 5.48. The molecule has 1 aromatic carbocycles. The van der Waals surface area contributed by atoms with Crippen molar-refractivity contribution in [3.63, 3.8) is 0 Å². The van der Waals surface area contributed by atoms with Gasteiger partial charge in [0.2, 0.25) is 0 Å². The van der Waals surface area contributed by atoms with Gasteiger partial charge >= 0.3 is 0 Å². The van der Waals surface area contributed by atoms with Gasteiger partial charge in [0.25, 0.3) is 0 Å². The van der Waals surface area contributed by atoms with Gasteiger partial charge in [-0.2, -0.15) is 0 Å². The van der Waals surface area contributed by atoms with Crippen molar-refractivity contribution < 1.29 is 4.74 Å². The molecule has 5 heteroatoms. The minimum atomic E-state index is 0.0919. The molecule has 1 aromatic rings. The van der Waals surface area contributed by atoms with Crippen LogP contribution in [-0.4, -0.2) is 37.7 Å². The van der Waals surface area contributed by atoms with Gasteiger partial charge in [-0.1, -0.05) is 35.3 Å². The Balaban J connectivity index is 2.20. The lowest BCUT2D eigenvalue weighted by atomic mass is 10.0. The zero-order chi connectivity index (χ0) is 13.8. The van der Waals surface area contributed by atoms with Gasteiger partial charge in [-0.05, 0) is 31.5 Å². The average Bonchev–Trinajstić information content (AvgIpc) is 2.45. The predicted molar refractivity (Wildman–Crippen MR) is 79.9 cm³/mol. The van der Waals surface area contributed by atoms with E-state index in [1.54, 1.807) is 6.07 Å². The van der Waals surface area contributed by atoms with E-state index < -0.39 is 0 Å². The number of likely N-dealkylation sites (N-methyl/N-ethyl adjacent to an activating group) is 1. The summed E-state index contributed by atoms with van der Waals surface area (Å²) in [6.45, 7) is 2.15. The second-order valence-electron chi connectivity index (χ2n) is 4.90. The smallest absolute Gasteiger partial charge is 0.0640 e. The number of rotatable bonds is 4. The number of nitrogens with zero attached hydrogens (tertiary/aromatic N) is 1. The van der Waals surface area contributed by atoms with Crippen LogP contribution >= 0.6 is 23.2 Å². The Hall–Kier alpha value is -0.320. The number of ether oxygens (including phenoxy) is 1. The molecule has 19 heavy (non-hydrogen) atoms. The van der Waals surface area contributed by atoms with Gasteiger partial charge in [-0.3, -0.25) is 4.90 Å². The molecule has 0 spiro atoms. The maximum Gasteiger partial charge on any atom is 0.0640 e. The van der Waals surface area contributed by atoms with E-state index in [0.717, 1.165) is 31.6 Å². The van der Waals surface area contributed by atoms with Crippen molar-refractivity contribution in [1.82, 2.24) is 4.90 Å². The van der Waals surface area contributed by atoms with Gasteiger partial charge in [0.15, 0.2) is 0 Å². The number of hydrogen-bond donors (Lipinski definition) is 1. The van der Waals surface area contributed by atoms with Gasteiger partial charge in [-0.15, -0.1) is 0 Å². The maximum absolute atomic E-state index is 6.31. The first-order valence-electron chi connectivity index (χ1n) is 6.58. The average molecular weight is 303 g/mol. The van der Waals surface area contributed by atoms with Crippen molar-refractivity contribution in [2.45, 2.75) is 24.9 Å². The van der Waals surface area contributed by atoms with Crippen LogP contribution in [0.3, 0.4) is 0 Å². The van der Waals surface area contributed by atoms with Gasteiger partial charge in [-0.25, -0.2) is 0 Å². The maximum atomic E-state index is 6.31. The third-order valence-corrected chi connectivity index (χ3v) is 4.66. The summed E-state index contributed by atoms with van der Waals surface area (Å²) in [6.07, 6.45) is 2.07. The fourth-order valence-corrected chi connectivity index (χ4v) is 3.07. The van der Waals surface area contributed by atoms with Crippen LogP contribution < -0.4 is 5.73 Å². The molecule has 0 saturated carbocycles. The highest BCUT2D eigenvalue weighted by atomic mass is 35.5. The summed E-state index contributed by atoms with van der Waals surface area (Å²) in [6, 6.07) is 6.30. The summed E-state index contributed by atoms with van der Waals surface area (Å²) in [5.74, 6) is 0. The molecule has 0 aromatic heterocycles. The van der Waals surface area contributed by atoms with Crippen LogP contribution in [0.1, 0.15) is 24.4 Å². The summed E-state index contributed by atoms with van der Waals surface area (Å²) >= 11 is 12.4. The van der Waals surface area contributed by atoms with Crippen LogP contribution in [0.5, 0.6) is 0 Å². The molecule has 1 atom stereocenters. The number of hydrogen-bond acceptors (Lipinski definition) is 3. The van der Waals surface area contributed by atoms with Gasteiger partial charge < -0.3 is 10.5 Å². The highest BCUT2D eigenvalue weighted by Gasteiger charge is 2.26. The topological polar surface area (TPSA) is 38.5 Å². The highest BCUT2D eigenvalue weighted by molar-refractivity contribution is 6.42. The predicted octanol–water partition coefficient (Wildman–Crippen LogP) is 3.10. The van der Waals surface area contributed by atoms with Gasteiger partial charge in [0, 0.05) is 31.8 Å². The van der Waals surface area contributed by atoms with Crippen LogP contribution in [0.15, 0.2) is 18.2 Å². The molecule has 0 radical (unpaired) electrons. The van der Waals surface area contributed by atoms with Crippen molar-refractivity contribution in [2.24, 2.45) is 5.73 Å². The van der Waals surface area contributed by atoms with Crippen molar-refractivity contribution in [2.75, 3.05) is 26.8 Å². The third-order valence-electron chi connectivity index (χ3n) is 3.82. The first-order valence-corrected chi connectivity index (χ1v) is 7.34. The number of benzene rings is 1. The Morgan fingerprint density at radius 1 is 1.37 bits per heavy atom. The summed E-state index contributed by atoms with van der Waals surface area (Å²) in [5, 5.41) is 1.19. The van der Waals surface area contributed by atoms with Gasteiger partial charge in [0.1, 0.15) is 0 Å². The largest absolute Gasteiger partial charge is 0.381 e. The van der Waals surface area contributed by atoms with E-state index in [9.17, 15) is 0 Å². The standard InChI is InChI=1S/C14H20Cl2N2O/c1-18(10-5-7-19-8-6-10)13(9-17)11-3-2-4-12(15)14(11)16/h2-4,10,13H,5-9,17H2,1H3. The SMILES string of the molecule is CN(C1CCOCC1)C(CN)c1cccc(Cl)c1Cl.